The molecule has 4 nitrogen and oxygen atoms in total. The monoisotopic (exact) mass is 395 g/mol. The summed E-state index contributed by atoms with van der Waals surface area (Å²) in [6, 6.07) is 21.0. The molecule has 0 radical (unpaired) electrons. The van der Waals surface area contributed by atoms with E-state index in [9.17, 15) is 13.2 Å². The summed E-state index contributed by atoms with van der Waals surface area (Å²) in [5.41, 5.74) is 2.08. The zero-order valence-corrected chi connectivity index (χ0v) is 17.0. The van der Waals surface area contributed by atoms with Crippen LogP contribution in [-0.2, 0) is 21.1 Å². The van der Waals surface area contributed by atoms with Crippen molar-refractivity contribution in [1.29, 1.82) is 0 Å². The molecule has 0 unspecified atom stereocenters. The van der Waals surface area contributed by atoms with Crippen molar-refractivity contribution >= 4 is 26.5 Å². The maximum absolute atomic E-state index is 12.5. The van der Waals surface area contributed by atoms with Gasteiger partial charge in [-0.1, -0.05) is 61.5 Å². The highest BCUT2D eigenvalue weighted by molar-refractivity contribution is 7.90. The molecule has 146 valence electrons. The molecule has 0 saturated heterocycles. The Morgan fingerprint density at radius 2 is 1.64 bits per heavy atom. The van der Waals surface area contributed by atoms with Crippen LogP contribution in [0.3, 0.4) is 0 Å². The van der Waals surface area contributed by atoms with Crippen LogP contribution in [0, 0.1) is 0 Å². The van der Waals surface area contributed by atoms with Crippen LogP contribution < -0.4 is 5.32 Å². The molecule has 0 fully saturated rings. The van der Waals surface area contributed by atoms with Crippen molar-refractivity contribution in [3.63, 3.8) is 0 Å². The van der Waals surface area contributed by atoms with Crippen molar-refractivity contribution in [3.8, 4) is 0 Å². The molecule has 1 amide bonds. The van der Waals surface area contributed by atoms with Gasteiger partial charge >= 0.3 is 0 Å². The largest absolute Gasteiger partial charge is 0.349 e. The van der Waals surface area contributed by atoms with Crippen LogP contribution in [0.5, 0.6) is 0 Å². The minimum absolute atomic E-state index is 0.00743. The summed E-state index contributed by atoms with van der Waals surface area (Å²) in [4.78, 5) is 12.8. The van der Waals surface area contributed by atoms with E-state index < -0.39 is 9.84 Å². The van der Waals surface area contributed by atoms with E-state index in [1.54, 1.807) is 24.3 Å². The van der Waals surface area contributed by atoms with Crippen molar-refractivity contribution in [1.82, 2.24) is 5.32 Å². The fraction of sp³-hybridized carbons (Fsp3) is 0.261. The third-order valence-corrected chi connectivity index (χ3v) is 6.08. The van der Waals surface area contributed by atoms with E-state index in [4.69, 9.17) is 0 Å². The number of benzene rings is 3. The molecule has 1 atom stereocenters. The lowest BCUT2D eigenvalue weighted by molar-refractivity contribution is -0.121. The first-order valence-corrected chi connectivity index (χ1v) is 11.3. The molecule has 1 N–H and O–H groups in total. The maximum Gasteiger partial charge on any atom is 0.220 e. The molecule has 0 aliphatic rings. The zero-order valence-electron chi connectivity index (χ0n) is 16.2. The Labute approximate surface area is 166 Å². The maximum atomic E-state index is 12.5. The van der Waals surface area contributed by atoms with Crippen LogP contribution in [0.25, 0.3) is 10.8 Å². The summed E-state index contributed by atoms with van der Waals surface area (Å²) in [5.74, 6) is -0.00743. The number of amides is 1. The number of carbonyl (C=O) groups excluding carboxylic acids is 1. The molecule has 0 spiro atoms. The van der Waals surface area contributed by atoms with Crippen molar-refractivity contribution in [2.24, 2.45) is 0 Å². The van der Waals surface area contributed by atoms with Gasteiger partial charge in [-0.05, 0) is 46.9 Å². The van der Waals surface area contributed by atoms with E-state index in [1.807, 2.05) is 25.1 Å². The molecule has 0 aliphatic heterocycles. The average molecular weight is 396 g/mol. The third-order valence-electron chi connectivity index (χ3n) is 4.96. The molecule has 0 saturated carbocycles. The van der Waals surface area contributed by atoms with E-state index in [-0.39, 0.29) is 16.8 Å². The molecule has 5 heteroatoms. The van der Waals surface area contributed by atoms with Gasteiger partial charge in [-0.3, -0.25) is 4.79 Å². The molecule has 0 heterocycles. The van der Waals surface area contributed by atoms with Gasteiger partial charge in [0.05, 0.1) is 10.9 Å². The normalized spacial score (nSPS) is 12.6. The highest BCUT2D eigenvalue weighted by Gasteiger charge is 2.14. The Bertz CT molecular complexity index is 1070. The quantitative estimate of drug-likeness (QED) is 0.643. The Balaban J connectivity index is 1.65. The molecule has 3 rings (SSSR count). The molecule has 3 aromatic carbocycles. The predicted octanol–water partition coefficient (Wildman–Crippen LogP) is 4.44. The smallest absolute Gasteiger partial charge is 0.220 e. The van der Waals surface area contributed by atoms with Crippen LogP contribution in [0.4, 0.5) is 0 Å². The van der Waals surface area contributed by atoms with Crippen LogP contribution in [0.1, 0.15) is 36.9 Å². The standard InChI is InChI=1S/C23H25NO3S/c1-3-22(19-11-14-20(15-12-19)28(2,26)27)24-23(25)16-13-18-9-6-8-17-7-4-5-10-21(17)18/h4-12,14-15,22H,3,13,16H2,1-2H3,(H,24,25)/t22-/m1/s1. The van der Waals surface area contributed by atoms with Crippen LogP contribution in [-0.4, -0.2) is 20.6 Å². The van der Waals surface area contributed by atoms with Gasteiger partial charge in [-0.15, -0.1) is 0 Å². The number of aryl methyl sites for hydroxylation is 1. The summed E-state index contributed by atoms with van der Waals surface area (Å²) in [6.07, 6.45) is 3.01. The van der Waals surface area contributed by atoms with Crippen molar-refractivity contribution in [2.45, 2.75) is 37.1 Å². The highest BCUT2D eigenvalue weighted by atomic mass is 32.2. The van der Waals surface area contributed by atoms with Gasteiger partial charge in [0.2, 0.25) is 5.91 Å². The van der Waals surface area contributed by atoms with Crippen LogP contribution >= 0.6 is 0 Å². The SMILES string of the molecule is CC[C@@H](NC(=O)CCc1cccc2ccccc12)c1ccc(S(C)(=O)=O)cc1. The second-order valence-corrected chi connectivity index (χ2v) is 9.02. The number of fused-ring (bicyclic) bond motifs is 1. The van der Waals surface area contributed by atoms with Gasteiger partial charge < -0.3 is 5.32 Å². The molecular formula is C23H25NO3S. The number of hydrogen-bond acceptors (Lipinski definition) is 3. The van der Waals surface area contributed by atoms with Crippen molar-refractivity contribution in [3.05, 3.63) is 77.9 Å². The summed E-state index contributed by atoms with van der Waals surface area (Å²) in [7, 11) is -3.22. The van der Waals surface area contributed by atoms with Gasteiger partial charge in [-0.25, -0.2) is 8.42 Å². The average Bonchev–Trinajstić information content (AvgIpc) is 2.70. The topological polar surface area (TPSA) is 63.2 Å². The Morgan fingerprint density at radius 1 is 0.964 bits per heavy atom. The molecule has 0 bridgehead atoms. The lowest BCUT2D eigenvalue weighted by Gasteiger charge is -2.18. The highest BCUT2D eigenvalue weighted by Crippen LogP contribution is 2.21. The summed E-state index contributed by atoms with van der Waals surface area (Å²) >= 11 is 0. The number of nitrogens with one attached hydrogen (secondary N) is 1. The van der Waals surface area contributed by atoms with E-state index in [2.05, 4.69) is 29.6 Å². The van der Waals surface area contributed by atoms with Gasteiger partial charge in [0.15, 0.2) is 9.84 Å². The van der Waals surface area contributed by atoms with Crippen molar-refractivity contribution < 1.29 is 13.2 Å². The number of hydrogen-bond donors (Lipinski definition) is 1. The summed E-state index contributed by atoms with van der Waals surface area (Å²) in [5, 5.41) is 5.43. The fourth-order valence-electron chi connectivity index (χ4n) is 3.39. The van der Waals surface area contributed by atoms with Crippen LogP contribution in [0.15, 0.2) is 71.6 Å². The Kier molecular flexibility index (Phi) is 6.15. The minimum atomic E-state index is -3.22. The van der Waals surface area contributed by atoms with E-state index >= 15 is 0 Å². The van der Waals surface area contributed by atoms with Gasteiger partial charge in [-0.2, -0.15) is 0 Å². The summed E-state index contributed by atoms with van der Waals surface area (Å²) < 4.78 is 23.2. The lowest BCUT2D eigenvalue weighted by atomic mass is 10.0. The minimum Gasteiger partial charge on any atom is -0.349 e. The first-order chi connectivity index (χ1) is 13.4. The first-order valence-electron chi connectivity index (χ1n) is 9.44. The van der Waals surface area contributed by atoms with Crippen LogP contribution in [0.2, 0.25) is 0 Å². The predicted molar refractivity (Wildman–Crippen MR) is 113 cm³/mol. The summed E-state index contributed by atoms with van der Waals surface area (Å²) in [6.45, 7) is 2.00. The van der Waals surface area contributed by atoms with E-state index in [0.29, 0.717) is 12.8 Å². The molecular weight excluding hydrogens is 370 g/mol. The van der Waals surface area contributed by atoms with Gasteiger partial charge in [0.1, 0.15) is 0 Å². The number of carbonyl (C=O) groups is 1. The zero-order chi connectivity index (χ0) is 20.1. The first kappa shape index (κ1) is 20.1. The molecule has 28 heavy (non-hydrogen) atoms. The van der Waals surface area contributed by atoms with E-state index in [0.717, 1.165) is 12.0 Å². The fourth-order valence-corrected chi connectivity index (χ4v) is 4.02. The number of rotatable bonds is 7. The Hall–Kier alpha value is -2.66. The number of sulfone groups is 1. The third kappa shape index (κ3) is 4.78. The second-order valence-electron chi connectivity index (χ2n) is 7.01. The molecule has 3 aromatic rings. The van der Waals surface area contributed by atoms with Gasteiger partial charge in [0, 0.05) is 12.7 Å². The van der Waals surface area contributed by atoms with Gasteiger partial charge in [0.25, 0.3) is 0 Å². The van der Waals surface area contributed by atoms with E-state index in [1.165, 1.54) is 22.6 Å². The molecule has 0 aromatic heterocycles. The molecule has 0 aliphatic carbocycles. The second kappa shape index (κ2) is 8.57. The lowest BCUT2D eigenvalue weighted by Crippen LogP contribution is -2.28. The Morgan fingerprint density at radius 3 is 2.32 bits per heavy atom. The van der Waals surface area contributed by atoms with Crippen molar-refractivity contribution in [2.75, 3.05) is 6.26 Å².